The Morgan fingerprint density at radius 2 is 1.82 bits per heavy atom. The van der Waals surface area contributed by atoms with Gasteiger partial charge in [0.25, 0.3) is 0 Å². The van der Waals surface area contributed by atoms with E-state index in [1.54, 1.807) is 0 Å². The van der Waals surface area contributed by atoms with E-state index in [1.807, 2.05) is 31.2 Å². The molecule has 0 aliphatic carbocycles. The van der Waals surface area contributed by atoms with Crippen LogP contribution in [0, 0.1) is 0 Å². The Balaban J connectivity index is 2.21. The maximum atomic E-state index is 10.8. The summed E-state index contributed by atoms with van der Waals surface area (Å²) in [5.74, 6) is 0. The molecule has 3 rings (SSSR count). The normalized spacial score (nSPS) is 11.8. The number of benzene rings is 3. The summed E-state index contributed by atoms with van der Waals surface area (Å²) in [4.78, 5) is 10.8. The van der Waals surface area contributed by atoms with Gasteiger partial charge in [0.15, 0.2) is 0 Å². The lowest BCUT2D eigenvalue weighted by Crippen LogP contribution is -2.25. The number of carbonyl (C=O) groups excluding carboxylic acids is 1. The van der Waals surface area contributed by atoms with E-state index in [0.717, 1.165) is 26.2 Å². The topological polar surface area (TPSA) is 67.5 Å². The third kappa shape index (κ3) is 2.67. The van der Waals surface area contributed by atoms with E-state index < -0.39 is 6.03 Å². The smallest absolute Gasteiger partial charge is 0.332 e. The van der Waals surface area contributed by atoms with E-state index in [-0.39, 0.29) is 0 Å². The number of nitrogens with zero attached hydrogens (tertiary/aromatic N) is 1. The van der Waals surface area contributed by atoms with Gasteiger partial charge in [0.1, 0.15) is 0 Å². The monoisotopic (exact) mass is 355 g/mol. The summed E-state index contributed by atoms with van der Waals surface area (Å²) in [6.45, 7) is 1.83. The Bertz CT molecular complexity index is 918. The van der Waals surface area contributed by atoms with Crippen molar-refractivity contribution in [2.24, 2.45) is 10.8 Å². The highest BCUT2D eigenvalue weighted by molar-refractivity contribution is 9.10. The molecule has 0 aliphatic heterocycles. The minimum absolute atomic E-state index is 0.672. The van der Waals surface area contributed by atoms with Crippen LogP contribution in [0.5, 0.6) is 0 Å². The molecule has 0 bridgehead atoms. The number of amides is 2. The van der Waals surface area contributed by atoms with E-state index in [0.29, 0.717) is 5.71 Å². The number of rotatable bonds is 2. The van der Waals surface area contributed by atoms with Crippen LogP contribution in [-0.2, 0) is 0 Å². The molecule has 3 aromatic rings. The SMILES string of the molecule is C/C(=N\NC(N)=O)c1ccc2cc(Br)c3ccccc3c2c1. The quantitative estimate of drug-likeness (QED) is 0.404. The highest BCUT2D eigenvalue weighted by atomic mass is 79.9. The molecular formula is C17H14BrN3O. The second-order valence-corrected chi connectivity index (χ2v) is 5.87. The van der Waals surface area contributed by atoms with Gasteiger partial charge in [0, 0.05) is 4.47 Å². The molecule has 0 aliphatic rings. The number of urea groups is 1. The van der Waals surface area contributed by atoms with Crippen molar-refractivity contribution in [3.8, 4) is 0 Å². The maximum absolute atomic E-state index is 10.8. The van der Waals surface area contributed by atoms with Gasteiger partial charge in [-0.05, 0) is 46.2 Å². The average Bonchev–Trinajstić information content (AvgIpc) is 2.52. The fourth-order valence-electron chi connectivity index (χ4n) is 2.48. The lowest BCUT2D eigenvalue weighted by molar-refractivity contribution is 0.249. The first-order valence-corrected chi connectivity index (χ1v) is 7.56. The van der Waals surface area contributed by atoms with E-state index in [4.69, 9.17) is 5.73 Å². The molecule has 2 amide bonds. The first kappa shape index (κ1) is 14.5. The summed E-state index contributed by atoms with van der Waals surface area (Å²) in [6, 6.07) is 15.8. The lowest BCUT2D eigenvalue weighted by Gasteiger charge is -2.09. The summed E-state index contributed by atoms with van der Waals surface area (Å²) in [7, 11) is 0. The minimum Gasteiger partial charge on any atom is -0.350 e. The Morgan fingerprint density at radius 3 is 2.55 bits per heavy atom. The number of hydrazone groups is 1. The molecule has 0 fully saturated rings. The maximum Gasteiger partial charge on any atom is 0.332 e. The van der Waals surface area contributed by atoms with Crippen molar-refractivity contribution in [2.75, 3.05) is 0 Å². The lowest BCUT2D eigenvalue weighted by atomic mass is 9.99. The fraction of sp³-hybridized carbons (Fsp3) is 0.0588. The zero-order chi connectivity index (χ0) is 15.7. The van der Waals surface area contributed by atoms with Gasteiger partial charge in [0.2, 0.25) is 0 Å². The van der Waals surface area contributed by atoms with Crippen molar-refractivity contribution < 1.29 is 4.79 Å². The van der Waals surface area contributed by atoms with Gasteiger partial charge in [-0.1, -0.05) is 52.3 Å². The Morgan fingerprint density at radius 1 is 1.09 bits per heavy atom. The molecule has 22 heavy (non-hydrogen) atoms. The molecule has 110 valence electrons. The van der Waals surface area contributed by atoms with E-state index >= 15 is 0 Å². The number of hydrogen-bond acceptors (Lipinski definition) is 2. The molecule has 3 N–H and O–H groups in total. The van der Waals surface area contributed by atoms with Crippen molar-refractivity contribution in [2.45, 2.75) is 6.92 Å². The van der Waals surface area contributed by atoms with Crippen LogP contribution in [0.25, 0.3) is 21.5 Å². The van der Waals surface area contributed by atoms with Crippen LogP contribution in [0.3, 0.4) is 0 Å². The highest BCUT2D eigenvalue weighted by Gasteiger charge is 2.07. The highest BCUT2D eigenvalue weighted by Crippen LogP contribution is 2.32. The largest absolute Gasteiger partial charge is 0.350 e. The summed E-state index contributed by atoms with van der Waals surface area (Å²) in [6.07, 6.45) is 0. The number of fused-ring (bicyclic) bond motifs is 3. The molecular weight excluding hydrogens is 342 g/mol. The first-order chi connectivity index (χ1) is 10.6. The Labute approximate surface area is 136 Å². The molecule has 0 saturated carbocycles. The standard InChI is InChI=1S/C17H14BrN3O/c1-10(20-21-17(19)22)11-6-7-12-9-16(18)14-5-3-2-4-13(14)15(12)8-11/h2-9H,1H3,(H3,19,21,22)/b20-10+. The summed E-state index contributed by atoms with van der Waals surface area (Å²) in [5, 5.41) is 8.60. The van der Waals surface area contributed by atoms with E-state index in [9.17, 15) is 4.79 Å². The van der Waals surface area contributed by atoms with Gasteiger partial charge in [-0.2, -0.15) is 5.10 Å². The van der Waals surface area contributed by atoms with Crippen LogP contribution in [0.1, 0.15) is 12.5 Å². The fourth-order valence-corrected chi connectivity index (χ4v) is 3.08. The zero-order valence-corrected chi connectivity index (χ0v) is 13.5. The molecule has 0 unspecified atom stereocenters. The van der Waals surface area contributed by atoms with Gasteiger partial charge in [-0.25, -0.2) is 10.2 Å². The first-order valence-electron chi connectivity index (χ1n) is 6.77. The van der Waals surface area contributed by atoms with Crippen LogP contribution < -0.4 is 11.2 Å². The van der Waals surface area contributed by atoms with Crippen LogP contribution in [0.15, 0.2) is 58.1 Å². The van der Waals surface area contributed by atoms with Crippen molar-refractivity contribution >= 4 is 49.2 Å². The van der Waals surface area contributed by atoms with Crippen LogP contribution in [0.2, 0.25) is 0 Å². The third-order valence-electron chi connectivity index (χ3n) is 3.56. The van der Waals surface area contributed by atoms with Crippen LogP contribution in [-0.4, -0.2) is 11.7 Å². The average molecular weight is 356 g/mol. The second kappa shape index (κ2) is 5.77. The molecule has 0 atom stereocenters. The van der Waals surface area contributed by atoms with Gasteiger partial charge >= 0.3 is 6.03 Å². The Hall–Kier alpha value is -2.40. The number of primary amides is 1. The van der Waals surface area contributed by atoms with Crippen molar-refractivity contribution in [3.63, 3.8) is 0 Å². The summed E-state index contributed by atoms with van der Waals surface area (Å²) in [5.41, 5.74) is 8.94. The molecule has 4 nitrogen and oxygen atoms in total. The van der Waals surface area contributed by atoms with Gasteiger partial charge < -0.3 is 5.73 Å². The van der Waals surface area contributed by atoms with E-state index in [1.165, 1.54) is 5.39 Å². The van der Waals surface area contributed by atoms with Gasteiger partial charge in [0.05, 0.1) is 5.71 Å². The zero-order valence-electron chi connectivity index (χ0n) is 11.9. The summed E-state index contributed by atoms with van der Waals surface area (Å²) >= 11 is 3.62. The second-order valence-electron chi connectivity index (χ2n) is 5.01. The third-order valence-corrected chi connectivity index (χ3v) is 4.22. The number of hydrogen-bond donors (Lipinski definition) is 2. The van der Waals surface area contributed by atoms with E-state index in [2.05, 4.69) is 50.7 Å². The van der Waals surface area contributed by atoms with Crippen molar-refractivity contribution in [1.82, 2.24) is 5.43 Å². The Kier molecular flexibility index (Phi) is 3.81. The molecule has 5 heteroatoms. The number of halogens is 1. The van der Waals surface area contributed by atoms with Gasteiger partial charge in [-0.15, -0.1) is 0 Å². The predicted octanol–water partition coefficient (Wildman–Crippen LogP) is 4.15. The van der Waals surface area contributed by atoms with Gasteiger partial charge in [-0.3, -0.25) is 0 Å². The molecule has 0 radical (unpaired) electrons. The van der Waals surface area contributed by atoms with Crippen molar-refractivity contribution in [3.05, 3.63) is 58.6 Å². The minimum atomic E-state index is -0.672. The summed E-state index contributed by atoms with van der Waals surface area (Å²) < 4.78 is 1.07. The molecule has 0 aromatic heterocycles. The number of nitrogens with two attached hydrogens (primary N) is 1. The molecule has 0 saturated heterocycles. The number of carbonyl (C=O) groups is 1. The molecule has 0 spiro atoms. The molecule has 3 aromatic carbocycles. The molecule has 0 heterocycles. The van der Waals surface area contributed by atoms with Crippen molar-refractivity contribution in [1.29, 1.82) is 0 Å². The van der Waals surface area contributed by atoms with Crippen LogP contribution >= 0.6 is 15.9 Å². The van der Waals surface area contributed by atoms with Crippen LogP contribution in [0.4, 0.5) is 4.79 Å². The number of nitrogens with one attached hydrogen (secondary N) is 1. The predicted molar refractivity (Wildman–Crippen MR) is 94.1 cm³/mol.